The number of para-hydroxylation sites is 1. The molecular formula is C14H18ClN3O4. The Balaban J connectivity index is 0.00000176. The Hall–Kier alpha value is -1.83. The molecule has 0 aliphatic carbocycles. The number of rotatable bonds is 5. The molecule has 0 atom stereocenters. The number of oxazole rings is 1. The standard InChI is InChI=1S/C14H17N3O4.ClH/c18-13(19)10-2-1-3-11-12(10)16-14(21-11)15-4-5-17-6-8-20-9-7-17;/h1-3H,4-9H2,(H,15,16)(H,18,19);1H. The predicted molar refractivity (Wildman–Crippen MR) is 84.0 cm³/mol. The van der Waals surface area contributed by atoms with Crippen LogP contribution in [0.3, 0.4) is 0 Å². The summed E-state index contributed by atoms with van der Waals surface area (Å²) in [6.07, 6.45) is 0. The van der Waals surface area contributed by atoms with Gasteiger partial charge in [0.1, 0.15) is 5.52 Å². The summed E-state index contributed by atoms with van der Waals surface area (Å²) in [5, 5.41) is 12.2. The van der Waals surface area contributed by atoms with Crippen LogP contribution in [0.2, 0.25) is 0 Å². The van der Waals surface area contributed by atoms with Crippen molar-refractivity contribution in [1.29, 1.82) is 0 Å². The number of nitrogens with zero attached hydrogens (tertiary/aromatic N) is 2. The summed E-state index contributed by atoms with van der Waals surface area (Å²) in [7, 11) is 0. The van der Waals surface area contributed by atoms with Crippen LogP contribution in [0.1, 0.15) is 10.4 Å². The van der Waals surface area contributed by atoms with Gasteiger partial charge in [-0.05, 0) is 12.1 Å². The van der Waals surface area contributed by atoms with Gasteiger partial charge in [-0.3, -0.25) is 4.90 Å². The monoisotopic (exact) mass is 327 g/mol. The van der Waals surface area contributed by atoms with Crippen LogP contribution in [0, 0.1) is 0 Å². The molecule has 3 rings (SSSR count). The molecule has 1 aromatic carbocycles. The van der Waals surface area contributed by atoms with E-state index in [-0.39, 0.29) is 18.0 Å². The largest absolute Gasteiger partial charge is 0.478 e. The number of anilines is 1. The van der Waals surface area contributed by atoms with Gasteiger partial charge in [-0.2, -0.15) is 4.98 Å². The minimum atomic E-state index is -1.01. The van der Waals surface area contributed by atoms with Crippen molar-refractivity contribution in [2.75, 3.05) is 44.7 Å². The lowest BCUT2D eigenvalue weighted by atomic mass is 10.2. The summed E-state index contributed by atoms with van der Waals surface area (Å²) in [4.78, 5) is 17.6. The van der Waals surface area contributed by atoms with Crippen molar-refractivity contribution < 1.29 is 19.1 Å². The normalized spacial score (nSPS) is 15.5. The Kier molecular flexibility index (Phi) is 5.59. The van der Waals surface area contributed by atoms with Crippen LogP contribution in [0.4, 0.5) is 6.01 Å². The van der Waals surface area contributed by atoms with Gasteiger partial charge in [-0.15, -0.1) is 12.4 Å². The number of benzene rings is 1. The lowest BCUT2D eigenvalue weighted by molar-refractivity contribution is 0.0398. The fraction of sp³-hybridized carbons (Fsp3) is 0.429. The fourth-order valence-electron chi connectivity index (χ4n) is 2.34. The number of ether oxygens (including phenoxy) is 1. The van der Waals surface area contributed by atoms with Crippen molar-refractivity contribution in [3.05, 3.63) is 23.8 Å². The van der Waals surface area contributed by atoms with Gasteiger partial charge in [0, 0.05) is 26.2 Å². The molecule has 2 heterocycles. The third-order valence-electron chi connectivity index (χ3n) is 3.46. The molecule has 1 aliphatic rings. The number of carbonyl (C=O) groups is 1. The second-order valence-corrected chi connectivity index (χ2v) is 4.86. The first kappa shape index (κ1) is 16.5. The van der Waals surface area contributed by atoms with Crippen LogP contribution >= 0.6 is 12.4 Å². The Morgan fingerprint density at radius 2 is 2.14 bits per heavy atom. The van der Waals surface area contributed by atoms with Crippen LogP contribution in [0.15, 0.2) is 22.6 Å². The van der Waals surface area contributed by atoms with E-state index in [1.807, 2.05) is 0 Å². The van der Waals surface area contributed by atoms with E-state index in [9.17, 15) is 4.79 Å². The molecule has 7 nitrogen and oxygen atoms in total. The number of nitrogens with one attached hydrogen (secondary N) is 1. The molecule has 0 unspecified atom stereocenters. The molecule has 1 saturated heterocycles. The maximum absolute atomic E-state index is 11.1. The molecule has 0 radical (unpaired) electrons. The highest BCUT2D eigenvalue weighted by molar-refractivity contribution is 6.00. The van der Waals surface area contributed by atoms with Crippen molar-refractivity contribution in [2.24, 2.45) is 0 Å². The molecule has 8 heteroatoms. The highest BCUT2D eigenvalue weighted by atomic mass is 35.5. The summed E-state index contributed by atoms with van der Waals surface area (Å²) in [5.41, 5.74) is 1.00. The van der Waals surface area contributed by atoms with Gasteiger partial charge < -0.3 is 19.6 Å². The number of morpholine rings is 1. The minimum absolute atomic E-state index is 0. The molecule has 0 saturated carbocycles. The first-order valence-electron chi connectivity index (χ1n) is 6.91. The number of carboxylic acids is 1. The SMILES string of the molecule is Cl.O=C(O)c1cccc2oc(NCCN3CCOCC3)nc12. The highest BCUT2D eigenvalue weighted by Crippen LogP contribution is 2.22. The molecule has 1 aliphatic heterocycles. The number of hydrogen-bond acceptors (Lipinski definition) is 6. The molecular weight excluding hydrogens is 310 g/mol. The molecule has 0 spiro atoms. The zero-order valence-corrected chi connectivity index (χ0v) is 12.8. The summed E-state index contributed by atoms with van der Waals surface area (Å²) >= 11 is 0. The van der Waals surface area contributed by atoms with Crippen molar-refractivity contribution in [3.8, 4) is 0 Å². The zero-order chi connectivity index (χ0) is 14.7. The number of aromatic nitrogens is 1. The number of hydrogen-bond donors (Lipinski definition) is 2. The maximum atomic E-state index is 11.1. The molecule has 1 fully saturated rings. The van der Waals surface area contributed by atoms with E-state index in [4.69, 9.17) is 14.3 Å². The van der Waals surface area contributed by atoms with Crippen LogP contribution < -0.4 is 5.32 Å². The van der Waals surface area contributed by atoms with Crippen LogP contribution in [0.25, 0.3) is 11.1 Å². The first-order valence-corrected chi connectivity index (χ1v) is 6.91. The molecule has 120 valence electrons. The van der Waals surface area contributed by atoms with Crippen molar-refractivity contribution in [3.63, 3.8) is 0 Å². The van der Waals surface area contributed by atoms with Crippen molar-refractivity contribution in [2.45, 2.75) is 0 Å². The van der Waals surface area contributed by atoms with E-state index in [1.54, 1.807) is 12.1 Å². The molecule has 1 aromatic heterocycles. The van der Waals surface area contributed by atoms with E-state index in [0.717, 1.165) is 32.8 Å². The van der Waals surface area contributed by atoms with Crippen LogP contribution in [-0.2, 0) is 4.74 Å². The van der Waals surface area contributed by atoms with E-state index < -0.39 is 5.97 Å². The third kappa shape index (κ3) is 3.68. The predicted octanol–water partition coefficient (Wildman–Crippen LogP) is 1.69. The van der Waals surface area contributed by atoms with E-state index in [2.05, 4.69) is 15.2 Å². The van der Waals surface area contributed by atoms with E-state index in [1.165, 1.54) is 6.07 Å². The minimum Gasteiger partial charge on any atom is -0.478 e. The van der Waals surface area contributed by atoms with Crippen LogP contribution in [0.5, 0.6) is 0 Å². The van der Waals surface area contributed by atoms with Gasteiger partial charge in [-0.1, -0.05) is 6.07 Å². The maximum Gasteiger partial charge on any atom is 0.338 e. The Bertz CT molecular complexity index is 640. The number of aromatic carboxylic acids is 1. The Morgan fingerprint density at radius 1 is 1.36 bits per heavy atom. The summed E-state index contributed by atoms with van der Waals surface area (Å²) < 4.78 is 10.8. The Labute approximate surface area is 133 Å². The summed E-state index contributed by atoms with van der Waals surface area (Å²) in [6, 6.07) is 5.23. The average Bonchev–Trinajstić information content (AvgIpc) is 2.90. The Morgan fingerprint density at radius 3 is 2.86 bits per heavy atom. The smallest absolute Gasteiger partial charge is 0.338 e. The van der Waals surface area contributed by atoms with Gasteiger partial charge in [0.15, 0.2) is 5.58 Å². The lowest BCUT2D eigenvalue weighted by Crippen LogP contribution is -2.39. The van der Waals surface area contributed by atoms with E-state index >= 15 is 0 Å². The topological polar surface area (TPSA) is 87.8 Å². The summed E-state index contributed by atoms with van der Waals surface area (Å²) in [5.74, 6) is -1.01. The molecule has 0 bridgehead atoms. The molecule has 0 amide bonds. The third-order valence-corrected chi connectivity index (χ3v) is 3.46. The molecule has 2 N–H and O–H groups in total. The van der Waals surface area contributed by atoms with Gasteiger partial charge in [0.2, 0.25) is 0 Å². The van der Waals surface area contributed by atoms with Gasteiger partial charge in [0.25, 0.3) is 6.01 Å². The molecule has 22 heavy (non-hydrogen) atoms. The van der Waals surface area contributed by atoms with Crippen LogP contribution in [-0.4, -0.2) is 60.4 Å². The second kappa shape index (κ2) is 7.44. The highest BCUT2D eigenvalue weighted by Gasteiger charge is 2.14. The summed E-state index contributed by atoms with van der Waals surface area (Å²) in [6.45, 7) is 4.95. The van der Waals surface area contributed by atoms with E-state index in [0.29, 0.717) is 23.7 Å². The second-order valence-electron chi connectivity index (χ2n) is 4.86. The van der Waals surface area contributed by atoms with Gasteiger partial charge >= 0.3 is 5.97 Å². The fourth-order valence-corrected chi connectivity index (χ4v) is 2.34. The lowest BCUT2D eigenvalue weighted by Gasteiger charge is -2.26. The average molecular weight is 328 g/mol. The van der Waals surface area contributed by atoms with Crippen molar-refractivity contribution >= 4 is 35.5 Å². The number of halogens is 1. The number of carboxylic acid groups (broad SMARTS) is 1. The number of fused-ring (bicyclic) bond motifs is 1. The zero-order valence-electron chi connectivity index (χ0n) is 11.9. The van der Waals surface area contributed by atoms with Gasteiger partial charge in [-0.25, -0.2) is 4.79 Å². The first-order chi connectivity index (χ1) is 10.2. The quantitative estimate of drug-likeness (QED) is 0.864. The van der Waals surface area contributed by atoms with Gasteiger partial charge in [0.05, 0.1) is 18.8 Å². The van der Waals surface area contributed by atoms with Crippen molar-refractivity contribution in [1.82, 2.24) is 9.88 Å². The molecule has 2 aromatic rings.